The first-order valence-electron chi connectivity index (χ1n) is 14.5. The van der Waals surface area contributed by atoms with Crippen molar-refractivity contribution in [1.82, 2.24) is 20.1 Å². The summed E-state index contributed by atoms with van der Waals surface area (Å²) in [6, 6.07) is 5.30. The number of likely N-dealkylation sites (tertiary alicyclic amines) is 1. The molecule has 2 aliphatic carbocycles. The van der Waals surface area contributed by atoms with E-state index in [9.17, 15) is 19.2 Å². The Labute approximate surface area is 233 Å². The SMILES string of the molecule is O=C(NCCCN1CCCC1=O)c1ccc(N2CCN(C(=O)C3CC3)CC2)c(NC(=O)c2coc(C3CC3)n2)c1. The molecule has 11 nitrogen and oxygen atoms in total. The average molecular weight is 549 g/mol. The molecular formula is C29H36N6O5. The van der Waals surface area contributed by atoms with Crippen LogP contribution < -0.4 is 15.5 Å². The van der Waals surface area contributed by atoms with Crippen LogP contribution in [-0.2, 0) is 9.59 Å². The van der Waals surface area contributed by atoms with E-state index in [1.54, 1.807) is 12.1 Å². The second-order valence-electron chi connectivity index (χ2n) is 11.2. The Morgan fingerprint density at radius 1 is 1.00 bits per heavy atom. The predicted molar refractivity (Wildman–Crippen MR) is 147 cm³/mol. The highest BCUT2D eigenvalue weighted by Gasteiger charge is 2.35. The van der Waals surface area contributed by atoms with E-state index in [-0.39, 0.29) is 29.3 Å². The molecule has 212 valence electrons. The van der Waals surface area contributed by atoms with Crippen LogP contribution in [0.15, 0.2) is 28.9 Å². The van der Waals surface area contributed by atoms with Gasteiger partial charge in [0, 0.05) is 69.6 Å². The van der Waals surface area contributed by atoms with E-state index in [1.165, 1.54) is 6.26 Å². The van der Waals surface area contributed by atoms with Crippen molar-refractivity contribution >= 4 is 35.0 Å². The van der Waals surface area contributed by atoms with Gasteiger partial charge in [-0.1, -0.05) is 0 Å². The summed E-state index contributed by atoms with van der Waals surface area (Å²) in [5.74, 6) is 0.855. The first kappa shape index (κ1) is 26.3. The summed E-state index contributed by atoms with van der Waals surface area (Å²) in [7, 11) is 0. The van der Waals surface area contributed by atoms with Gasteiger partial charge in [0.2, 0.25) is 11.8 Å². The molecule has 2 aromatic rings. The quantitative estimate of drug-likeness (QED) is 0.437. The Morgan fingerprint density at radius 2 is 1.80 bits per heavy atom. The Hall–Kier alpha value is -3.89. The number of amides is 4. The molecule has 0 bridgehead atoms. The molecule has 1 aromatic heterocycles. The maximum absolute atomic E-state index is 13.1. The van der Waals surface area contributed by atoms with E-state index >= 15 is 0 Å². The van der Waals surface area contributed by atoms with E-state index in [1.807, 2.05) is 15.9 Å². The van der Waals surface area contributed by atoms with Crippen molar-refractivity contribution in [1.29, 1.82) is 0 Å². The Balaban J connectivity index is 1.13. The number of aromatic nitrogens is 1. The Kier molecular flexibility index (Phi) is 7.44. The zero-order valence-electron chi connectivity index (χ0n) is 22.7. The molecule has 0 atom stereocenters. The van der Waals surface area contributed by atoms with Gasteiger partial charge in [-0.25, -0.2) is 4.98 Å². The molecular weight excluding hydrogens is 512 g/mol. The lowest BCUT2D eigenvalue weighted by atomic mass is 10.1. The van der Waals surface area contributed by atoms with E-state index in [2.05, 4.69) is 20.5 Å². The van der Waals surface area contributed by atoms with Crippen LogP contribution in [0.4, 0.5) is 11.4 Å². The molecule has 4 aliphatic rings. The van der Waals surface area contributed by atoms with Crippen LogP contribution >= 0.6 is 0 Å². The molecule has 0 unspecified atom stereocenters. The van der Waals surface area contributed by atoms with Gasteiger partial charge in [-0.3, -0.25) is 19.2 Å². The van der Waals surface area contributed by atoms with Crippen LogP contribution in [0.1, 0.15) is 77.6 Å². The number of piperazine rings is 1. The second kappa shape index (κ2) is 11.3. The van der Waals surface area contributed by atoms with Gasteiger partial charge in [0.1, 0.15) is 6.26 Å². The number of benzene rings is 1. The molecule has 6 rings (SSSR count). The van der Waals surface area contributed by atoms with E-state index in [0.29, 0.717) is 75.2 Å². The number of oxazole rings is 1. The molecule has 40 heavy (non-hydrogen) atoms. The van der Waals surface area contributed by atoms with Gasteiger partial charge in [0.05, 0.1) is 11.4 Å². The fourth-order valence-corrected chi connectivity index (χ4v) is 5.42. The van der Waals surface area contributed by atoms with Gasteiger partial charge in [0.25, 0.3) is 11.8 Å². The van der Waals surface area contributed by atoms with Gasteiger partial charge in [0.15, 0.2) is 11.6 Å². The minimum Gasteiger partial charge on any atom is -0.448 e. The van der Waals surface area contributed by atoms with Crippen LogP contribution in [0.25, 0.3) is 0 Å². The Bertz CT molecular complexity index is 1290. The third-order valence-corrected chi connectivity index (χ3v) is 8.11. The van der Waals surface area contributed by atoms with Gasteiger partial charge in [-0.2, -0.15) is 0 Å². The fraction of sp³-hybridized carbons (Fsp3) is 0.552. The number of carbonyl (C=O) groups excluding carboxylic acids is 4. The number of anilines is 2. The van der Waals surface area contributed by atoms with Gasteiger partial charge < -0.3 is 29.8 Å². The summed E-state index contributed by atoms with van der Waals surface area (Å²) in [4.78, 5) is 60.7. The van der Waals surface area contributed by atoms with Crippen molar-refractivity contribution in [2.24, 2.45) is 5.92 Å². The highest BCUT2D eigenvalue weighted by Crippen LogP contribution is 2.39. The average Bonchev–Trinajstić information content (AvgIpc) is 3.91. The number of nitrogens with zero attached hydrogens (tertiary/aromatic N) is 4. The third kappa shape index (κ3) is 5.97. The molecule has 2 saturated heterocycles. The normalized spacial score (nSPS) is 19.2. The lowest BCUT2D eigenvalue weighted by Gasteiger charge is -2.37. The Morgan fingerprint density at radius 3 is 2.50 bits per heavy atom. The van der Waals surface area contributed by atoms with Crippen molar-refractivity contribution in [2.45, 2.75) is 50.9 Å². The summed E-state index contributed by atoms with van der Waals surface area (Å²) in [5, 5.41) is 5.89. The summed E-state index contributed by atoms with van der Waals surface area (Å²) in [5.41, 5.74) is 1.94. The summed E-state index contributed by atoms with van der Waals surface area (Å²) in [6.07, 6.45) is 7.58. The van der Waals surface area contributed by atoms with Gasteiger partial charge in [-0.05, 0) is 56.7 Å². The zero-order chi connectivity index (χ0) is 27.6. The molecule has 2 aliphatic heterocycles. The van der Waals surface area contributed by atoms with Crippen LogP contribution in [0, 0.1) is 5.92 Å². The molecule has 0 spiro atoms. The number of nitrogens with one attached hydrogen (secondary N) is 2. The first-order chi connectivity index (χ1) is 19.5. The van der Waals surface area contributed by atoms with Crippen LogP contribution in [0.5, 0.6) is 0 Å². The molecule has 2 N–H and O–H groups in total. The molecule has 2 saturated carbocycles. The summed E-state index contributed by atoms with van der Waals surface area (Å²) in [6.45, 7) is 4.39. The number of hydrogen-bond acceptors (Lipinski definition) is 7. The topological polar surface area (TPSA) is 128 Å². The first-order valence-corrected chi connectivity index (χ1v) is 14.5. The van der Waals surface area contributed by atoms with Crippen molar-refractivity contribution in [2.75, 3.05) is 56.0 Å². The lowest BCUT2D eigenvalue weighted by Crippen LogP contribution is -2.49. The maximum Gasteiger partial charge on any atom is 0.277 e. The number of rotatable bonds is 10. The minimum absolute atomic E-state index is 0.177. The molecule has 4 amide bonds. The van der Waals surface area contributed by atoms with Gasteiger partial charge >= 0.3 is 0 Å². The van der Waals surface area contributed by atoms with Crippen LogP contribution in [-0.4, -0.2) is 84.2 Å². The van der Waals surface area contributed by atoms with Crippen molar-refractivity contribution in [3.63, 3.8) is 0 Å². The second-order valence-corrected chi connectivity index (χ2v) is 11.2. The van der Waals surface area contributed by atoms with Crippen molar-refractivity contribution in [3.05, 3.63) is 41.6 Å². The highest BCUT2D eigenvalue weighted by atomic mass is 16.3. The molecule has 1 aromatic carbocycles. The standard InChI is InChI=1S/C29H36N6O5/c36-25-3-1-11-34(25)12-2-10-30-26(37)21-8-9-24(33-13-15-35(16-14-33)29(39)20-6-7-20)22(17-21)31-27(38)23-18-40-28(32-23)19-4-5-19/h8-9,17-20H,1-7,10-16H2,(H,30,37)(H,31,38). The highest BCUT2D eigenvalue weighted by molar-refractivity contribution is 6.06. The largest absolute Gasteiger partial charge is 0.448 e. The summed E-state index contributed by atoms with van der Waals surface area (Å²) < 4.78 is 5.50. The number of hydrogen-bond donors (Lipinski definition) is 2. The fourth-order valence-electron chi connectivity index (χ4n) is 5.42. The van der Waals surface area contributed by atoms with E-state index in [4.69, 9.17) is 4.42 Å². The third-order valence-electron chi connectivity index (χ3n) is 8.11. The minimum atomic E-state index is -0.396. The maximum atomic E-state index is 13.1. The van der Waals surface area contributed by atoms with Gasteiger partial charge in [-0.15, -0.1) is 0 Å². The molecule has 0 radical (unpaired) electrons. The van der Waals surface area contributed by atoms with E-state index in [0.717, 1.165) is 44.3 Å². The van der Waals surface area contributed by atoms with Crippen LogP contribution in [0.3, 0.4) is 0 Å². The monoisotopic (exact) mass is 548 g/mol. The smallest absolute Gasteiger partial charge is 0.277 e. The number of carbonyl (C=O) groups is 4. The predicted octanol–water partition coefficient (Wildman–Crippen LogP) is 2.61. The molecule has 11 heteroatoms. The lowest BCUT2D eigenvalue weighted by molar-refractivity contribution is -0.132. The zero-order valence-corrected chi connectivity index (χ0v) is 22.7. The molecule has 4 fully saturated rings. The van der Waals surface area contributed by atoms with E-state index < -0.39 is 5.91 Å². The van der Waals surface area contributed by atoms with Crippen molar-refractivity contribution in [3.8, 4) is 0 Å². The van der Waals surface area contributed by atoms with Crippen molar-refractivity contribution < 1.29 is 23.6 Å². The van der Waals surface area contributed by atoms with Crippen LogP contribution in [0.2, 0.25) is 0 Å². The molecule has 3 heterocycles. The summed E-state index contributed by atoms with van der Waals surface area (Å²) >= 11 is 0.